The smallest absolute Gasteiger partial charge is 0.289 e. The number of rotatable bonds is 5. The van der Waals surface area contributed by atoms with Crippen LogP contribution >= 0.6 is 11.6 Å². The van der Waals surface area contributed by atoms with Crippen LogP contribution in [0, 0.1) is 0 Å². The van der Waals surface area contributed by atoms with Gasteiger partial charge in [0.15, 0.2) is 0 Å². The Hall–Kier alpha value is -3.63. The molecule has 0 unspecified atom stereocenters. The number of furan rings is 1. The number of aliphatic hydroxyl groups is 1. The highest BCUT2D eigenvalue weighted by Crippen LogP contribution is 2.37. The molecular formula is C23H23ClN6O4. The fraction of sp³-hybridized carbons (Fsp3) is 0.304. The lowest BCUT2D eigenvalue weighted by atomic mass is 10.1. The molecule has 11 heteroatoms. The van der Waals surface area contributed by atoms with Crippen LogP contribution in [-0.2, 0) is 0 Å². The number of amides is 1. The first-order valence-corrected chi connectivity index (χ1v) is 11.1. The molecule has 0 bridgehead atoms. The molecule has 5 rings (SSSR count). The van der Waals surface area contributed by atoms with Crippen molar-refractivity contribution in [2.24, 2.45) is 0 Å². The molecule has 0 fully saturated rings. The Morgan fingerprint density at radius 1 is 1.24 bits per heavy atom. The van der Waals surface area contributed by atoms with Crippen molar-refractivity contribution < 1.29 is 19.1 Å². The highest BCUT2D eigenvalue weighted by atomic mass is 35.5. The zero-order valence-corrected chi connectivity index (χ0v) is 19.5. The molecule has 3 aromatic heterocycles. The van der Waals surface area contributed by atoms with E-state index in [4.69, 9.17) is 20.8 Å². The highest BCUT2D eigenvalue weighted by molar-refractivity contribution is 6.29. The zero-order chi connectivity index (χ0) is 24.0. The van der Waals surface area contributed by atoms with Gasteiger partial charge in [-0.25, -0.2) is 9.97 Å². The molecule has 176 valence electrons. The van der Waals surface area contributed by atoms with E-state index >= 15 is 0 Å². The summed E-state index contributed by atoms with van der Waals surface area (Å²) in [7, 11) is 0. The van der Waals surface area contributed by atoms with Crippen LogP contribution < -0.4 is 20.7 Å². The summed E-state index contributed by atoms with van der Waals surface area (Å²) in [6.45, 7) is 6.07. The Morgan fingerprint density at radius 2 is 2.06 bits per heavy atom. The lowest BCUT2D eigenvalue weighted by molar-refractivity contribution is 0.0918. The van der Waals surface area contributed by atoms with Gasteiger partial charge in [-0.2, -0.15) is 4.98 Å². The van der Waals surface area contributed by atoms with E-state index in [1.54, 1.807) is 32.0 Å². The van der Waals surface area contributed by atoms with E-state index in [0.717, 1.165) is 10.8 Å². The van der Waals surface area contributed by atoms with Gasteiger partial charge in [0.1, 0.15) is 10.7 Å². The molecule has 4 N–H and O–H groups in total. The summed E-state index contributed by atoms with van der Waals surface area (Å²) in [6, 6.07) is 8.60. The van der Waals surface area contributed by atoms with E-state index in [9.17, 15) is 9.90 Å². The molecule has 1 aliphatic heterocycles. The van der Waals surface area contributed by atoms with E-state index < -0.39 is 5.60 Å². The number of fused-ring (bicyclic) bond motifs is 5. The van der Waals surface area contributed by atoms with E-state index in [2.05, 4.69) is 30.9 Å². The number of ether oxygens (including phenoxy) is 1. The van der Waals surface area contributed by atoms with E-state index in [0.29, 0.717) is 29.2 Å². The van der Waals surface area contributed by atoms with Crippen LogP contribution in [0.3, 0.4) is 0 Å². The second-order valence-corrected chi connectivity index (χ2v) is 9.22. The maximum Gasteiger partial charge on any atom is 0.289 e. The topological polar surface area (TPSA) is 134 Å². The standard InChI is InChI=1S/C23H23ClN6O4/c1-11-9-25-19-18-12-4-7-16(28-13(12)5-6-14(18)33-20(19)21(31)27-11)34-17-8-15(24)29-22(30-17)26-10-23(2,3)32/h4-8,11,25,32H,9-10H2,1-3H3,(H,27,31)(H,26,29,30)/t11-/m1/s1. The van der Waals surface area contributed by atoms with E-state index in [1.807, 2.05) is 13.0 Å². The van der Waals surface area contributed by atoms with Crippen molar-refractivity contribution in [3.63, 3.8) is 0 Å². The summed E-state index contributed by atoms with van der Waals surface area (Å²) in [5.41, 5.74) is 0.962. The Balaban J connectivity index is 1.48. The molecule has 1 aromatic carbocycles. The van der Waals surface area contributed by atoms with Gasteiger partial charge in [-0.3, -0.25) is 4.79 Å². The number of anilines is 2. The van der Waals surface area contributed by atoms with Gasteiger partial charge in [0.2, 0.25) is 23.5 Å². The zero-order valence-electron chi connectivity index (χ0n) is 18.8. The van der Waals surface area contributed by atoms with Gasteiger partial charge in [-0.05, 0) is 39.0 Å². The van der Waals surface area contributed by atoms with Gasteiger partial charge in [0.05, 0.1) is 22.2 Å². The molecule has 10 nitrogen and oxygen atoms in total. The molecule has 1 amide bonds. The monoisotopic (exact) mass is 482 g/mol. The molecule has 0 spiro atoms. The molecule has 4 aromatic rings. The first-order valence-electron chi connectivity index (χ1n) is 10.8. The van der Waals surface area contributed by atoms with Crippen LogP contribution in [0.2, 0.25) is 5.15 Å². The number of aromatic nitrogens is 3. The minimum absolute atomic E-state index is 0.0271. The third-order valence-electron chi connectivity index (χ3n) is 5.22. The second kappa shape index (κ2) is 8.30. The molecule has 0 radical (unpaired) electrons. The number of nitrogens with zero attached hydrogens (tertiary/aromatic N) is 3. The van der Waals surface area contributed by atoms with Gasteiger partial charge in [0, 0.05) is 36.7 Å². The van der Waals surface area contributed by atoms with Gasteiger partial charge in [-0.15, -0.1) is 0 Å². The Morgan fingerprint density at radius 3 is 2.85 bits per heavy atom. The average Bonchev–Trinajstić information content (AvgIpc) is 3.08. The predicted octanol–water partition coefficient (Wildman–Crippen LogP) is 3.94. The number of nitrogens with one attached hydrogen (secondary N) is 3. The van der Waals surface area contributed by atoms with Crippen molar-refractivity contribution >= 4 is 51.0 Å². The summed E-state index contributed by atoms with van der Waals surface area (Å²) in [5, 5.41) is 20.8. The van der Waals surface area contributed by atoms with Crippen LogP contribution in [0.1, 0.15) is 31.3 Å². The molecule has 4 heterocycles. The van der Waals surface area contributed by atoms with Gasteiger partial charge in [0.25, 0.3) is 5.91 Å². The van der Waals surface area contributed by atoms with E-state index in [-0.39, 0.29) is 41.2 Å². The van der Waals surface area contributed by atoms with Crippen molar-refractivity contribution in [3.8, 4) is 11.8 Å². The number of carbonyl (C=O) groups excluding carboxylic acids is 1. The third-order valence-corrected chi connectivity index (χ3v) is 5.42. The summed E-state index contributed by atoms with van der Waals surface area (Å²) in [5.74, 6) is 0.750. The van der Waals surface area contributed by atoms with Crippen molar-refractivity contribution in [3.05, 3.63) is 41.2 Å². The van der Waals surface area contributed by atoms with Crippen molar-refractivity contribution in [1.82, 2.24) is 20.3 Å². The number of hydrogen-bond acceptors (Lipinski definition) is 9. The van der Waals surface area contributed by atoms with Crippen LogP contribution in [0.15, 0.2) is 34.7 Å². The minimum atomic E-state index is -0.948. The Bertz CT molecular complexity index is 1410. The van der Waals surface area contributed by atoms with E-state index in [1.165, 1.54) is 6.07 Å². The first-order chi connectivity index (χ1) is 16.2. The molecular weight excluding hydrogens is 460 g/mol. The SMILES string of the molecule is C[C@@H]1CNc2c(oc3ccc4nc(Oc5cc(Cl)nc(NCC(C)(C)O)n5)ccc4c23)C(=O)N1. The molecule has 0 saturated heterocycles. The summed E-state index contributed by atoms with van der Waals surface area (Å²) in [6.07, 6.45) is 0. The van der Waals surface area contributed by atoms with Gasteiger partial charge < -0.3 is 30.2 Å². The van der Waals surface area contributed by atoms with Crippen LogP contribution in [0.25, 0.3) is 21.9 Å². The lowest BCUT2D eigenvalue weighted by Crippen LogP contribution is -2.34. The highest BCUT2D eigenvalue weighted by Gasteiger charge is 2.26. The largest absolute Gasteiger partial charge is 0.449 e. The van der Waals surface area contributed by atoms with Crippen molar-refractivity contribution in [2.45, 2.75) is 32.4 Å². The number of halogens is 1. The van der Waals surface area contributed by atoms with Crippen LogP contribution in [-0.4, -0.2) is 50.7 Å². The number of pyridine rings is 1. The first kappa shape index (κ1) is 22.2. The number of hydrogen-bond donors (Lipinski definition) is 4. The van der Waals surface area contributed by atoms with Gasteiger partial charge >= 0.3 is 0 Å². The lowest BCUT2D eigenvalue weighted by Gasteiger charge is -2.17. The second-order valence-electron chi connectivity index (χ2n) is 8.84. The molecule has 0 aliphatic carbocycles. The average molecular weight is 483 g/mol. The third kappa shape index (κ3) is 4.42. The minimum Gasteiger partial charge on any atom is -0.449 e. The quantitative estimate of drug-likeness (QED) is 0.312. The fourth-order valence-corrected chi connectivity index (χ4v) is 3.87. The summed E-state index contributed by atoms with van der Waals surface area (Å²) < 4.78 is 11.7. The molecule has 1 aliphatic rings. The molecule has 34 heavy (non-hydrogen) atoms. The maximum absolute atomic E-state index is 12.5. The number of benzene rings is 1. The number of carbonyl (C=O) groups is 1. The van der Waals surface area contributed by atoms with Crippen molar-refractivity contribution in [2.75, 3.05) is 23.7 Å². The van der Waals surface area contributed by atoms with Crippen LogP contribution in [0.5, 0.6) is 11.8 Å². The Labute approximate surface area is 199 Å². The summed E-state index contributed by atoms with van der Waals surface area (Å²) in [4.78, 5) is 25.5. The maximum atomic E-state index is 12.5. The molecule has 1 atom stereocenters. The summed E-state index contributed by atoms with van der Waals surface area (Å²) >= 11 is 6.11. The predicted molar refractivity (Wildman–Crippen MR) is 129 cm³/mol. The molecule has 0 saturated carbocycles. The Kier molecular flexibility index (Phi) is 5.41. The van der Waals surface area contributed by atoms with Crippen LogP contribution in [0.4, 0.5) is 11.6 Å². The fourth-order valence-electron chi connectivity index (χ4n) is 3.69. The van der Waals surface area contributed by atoms with Crippen molar-refractivity contribution in [1.29, 1.82) is 0 Å². The normalized spacial score (nSPS) is 16.0. The van der Waals surface area contributed by atoms with Gasteiger partial charge in [-0.1, -0.05) is 11.6 Å².